The van der Waals surface area contributed by atoms with Crippen molar-refractivity contribution in [2.45, 2.75) is 0 Å². The van der Waals surface area contributed by atoms with Gasteiger partial charge in [-0.05, 0) is 23.6 Å². The van der Waals surface area contributed by atoms with E-state index in [-0.39, 0.29) is 11.6 Å². The molecule has 0 radical (unpaired) electrons. The van der Waals surface area contributed by atoms with Gasteiger partial charge in [0.1, 0.15) is 11.5 Å². The van der Waals surface area contributed by atoms with Crippen LogP contribution in [0.1, 0.15) is 31.8 Å². The van der Waals surface area contributed by atoms with Gasteiger partial charge in [-0.25, -0.2) is 0 Å². The Morgan fingerprint density at radius 1 is 0.633 bits per heavy atom. The van der Waals surface area contributed by atoms with Crippen molar-refractivity contribution in [2.75, 3.05) is 14.2 Å². The molecule has 148 valence electrons. The SMILES string of the molecule is COc1cc2c(C(=O)c3ccccc3)c(OC)ccc2cc1C(=O)c1ccccc1. The van der Waals surface area contributed by atoms with Crippen molar-refractivity contribution in [1.82, 2.24) is 0 Å². The average Bonchev–Trinajstić information content (AvgIpc) is 2.82. The molecule has 0 amide bonds. The predicted molar refractivity (Wildman–Crippen MR) is 117 cm³/mol. The molecule has 0 atom stereocenters. The lowest BCUT2D eigenvalue weighted by molar-refractivity contribution is 0.102. The van der Waals surface area contributed by atoms with Crippen LogP contribution in [0.5, 0.6) is 11.5 Å². The van der Waals surface area contributed by atoms with Crippen molar-refractivity contribution in [1.29, 1.82) is 0 Å². The molecule has 4 aromatic carbocycles. The van der Waals surface area contributed by atoms with Gasteiger partial charge in [0, 0.05) is 16.5 Å². The number of hydrogen-bond acceptors (Lipinski definition) is 4. The molecule has 0 spiro atoms. The summed E-state index contributed by atoms with van der Waals surface area (Å²) < 4.78 is 11.0. The second-order valence-electron chi connectivity index (χ2n) is 6.81. The lowest BCUT2D eigenvalue weighted by Crippen LogP contribution is -2.07. The third kappa shape index (κ3) is 3.44. The van der Waals surface area contributed by atoms with Gasteiger partial charge in [-0.2, -0.15) is 0 Å². The molecule has 4 heteroatoms. The Kier molecular flexibility index (Phi) is 5.31. The fourth-order valence-corrected chi connectivity index (χ4v) is 3.56. The van der Waals surface area contributed by atoms with Gasteiger partial charge in [0.15, 0.2) is 11.6 Å². The minimum Gasteiger partial charge on any atom is -0.496 e. The van der Waals surface area contributed by atoms with Crippen LogP contribution in [0.25, 0.3) is 10.8 Å². The van der Waals surface area contributed by atoms with Crippen molar-refractivity contribution >= 4 is 22.3 Å². The molecule has 0 N–H and O–H groups in total. The molecule has 0 aromatic heterocycles. The molecule has 0 saturated carbocycles. The van der Waals surface area contributed by atoms with Crippen LogP contribution in [0.15, 0.2) is 84.9 Å². The molecule has 4 aromatic rings. The molecule has 0 aliphatic carbocycles. The summed E-state index contributed by atoms with van der Waals surface area (Å²) in [4.78, 5) is 26.4. The van der Waals surface area contributed by atoms with Crippen LogP contribution in [0.4, 0.5) is 0 Å². The van der Waals surface area contributed by atoms with Crippen molar-refractivity contribution < 1.29 is 19.1 Å². The molecule has 0 heterocycles. The Morgan fingerprint density at radius 3 is 1.77 bits per heavy atom. The molecule has 0 saturated heterocycles. The third-order valence-corrected chi connectivity index (χ3v) is 5.07. The average molecular weight is 396 g/mol. The van der Waals surface area contributed by atoms with Crippen molar-refractivity contribution in [3.8, 4) is 11.5 Å². The summed E-state index contributed by atoms with van der Waals surface area (Å²) in [5, 5.41) is 1.43. The molecule has 0 unspecified atom stereocenters. The summed E-state index contributed by atoms with van der Waals surface area (Å²) in [7, 11) is 3.05. The van der Waals surface area contributed by atoms with E-state index >= 15 is 0 Å². The normalized spacial score (nSPS) is 10.6. The highest BCUT2D eigenvalue weighted by atomic mass is 16.5. The lowest BCUT2D eigenvalue weighted by atomic mass is 9.93. The quantitative estimate of drug-likeness (QED) is 0.414. The van der Waals surface area contributed by atoms with Crippen LogP contribution in [-0.2, 0) is 0 Å². The Morgan fingerprint density at radius 2 is 1.20 bits per heavy atom. The lowest BCUT2D eigenvalue weighted by Gasteiger charge is -2.15. The van der Waals surface area contributed by atoms with Gasteiger partial charge in [0.2, 0.25) is 0 Å². The molecule has 4 rings (SSSR count). The van der Waals surface area contributed by atoms with E-state index in [2.05, 4.69) is 0 Å². The van der Waals surface area contributed by atoms with Crippen molar-refractivity contribution in [3.05, 3.63) is 107 Å². The zero-order valence-electron chi connectivity index (χ0n) is 16.7. The Labute approximate surface area is 174 Å². The largest absolute Gasteiger partial charge is 0.496 e. The van der Waals surface area contributed by atoms with E-state index < -0.39 is 0 Å². The number of hydrogen-bond donors (Lipinski definition) is 0. The number of carbonyl (C=O) groups is 2. The molecule has 30 heavy (non-hydrogen) atoms. The van der Waals surface area contributed by atoms with Crippen LogP contribution >= 0.6 is 0 Å². The highest BCUT2D eigenvalue weighted by Gasteiger charge is 2.22. The smallest absolute Gasteiger partial charge is 0.197 e. The van der Waals surface area contributed by atoms with E-state index in [1.165, 1.54) is 14.2 Å². The number of methoxy groups -OCH3 is 2. The minimum atomic E-state index is -0.151. The molecule has 0 fully saturated rings. The zero-order chi connectivity index (χ0) is 21.1. The number of carbonyl (C=O) groups excluding carboxylic acids is 2. The van der Waals surface area contributed by atoms with Crippen LogP contribution < -0.4 is 9.47 Å². The molecular weight excluding hydrogens is 376 g/mol. The van der Waals surface area contributed by atoms with E-state index in [1.54, 1.807) is 42.5 Å². The van der Waals surface area contributed by atoms with Crippen molar-refractivity contribution in [2.24, 2.45) is 0 Å². The van der Waals surface area contributed by atoms with Gasteiger partial charge in [-0.15, -0.1) is 0 Å². The number of fused-ring (bicyclic) bond motifs is 1. The molecule has 0 bridgehead atoms. The maximum atomic E-state index is 13.3. The number of ether oxygens (including phenoxy) is 2. The first kappa shape index (κ1) is 19.4. The van der Waals surface area contributed by atoms with E-state index in [0.29, 0.717) is 39.1 Å². The topological polar surface area (TPSA) is 52.6 Å². The second-order valence-corrected chi connectivity index (χ2v) is 6.81. The molecule has 0 aliphatic rings. The van der Waals surface area contributed by atoms with Crippen LogP contribution in [0.2, 0.25) is 0 Å². The summed E-state index contributed by atoms with van der Waals surface area (Å²) >= 11 is 0. The Bertz CT molecular complexity index is 1230. The predicted octanol–water partition coefficient (Wildman–Crippen LogP) is 5.32. The Balaban J connectivity index is 1.93. The van der Waals surface area contributed by atoms with Gasteiger partial charge >= 0.3 is 0 Å². The molecule has 4 nitrogen and oxygen atoms in total. The van der Waals surface area contributed by atoms with Crippen LogP contribution in [-0.4, -0.2) is 25.8 Å². The number of ketones is 2. The summed E-state index contributed by atoms with van der Waals surface area (Å²) in [6.07, 6.45) is 0. The van der Waals surface area contributed by atoms with Gasteiger partial charge in [-0.3, -0.25) is 9.59 Å². The first-order chi connectivity index (χ1) is 14.6. The van der Waals surface area contributed by atoms with Gasteiger partial charge < -0.3 is 9.47 Å². The van der Waals surface area contributed by atoms with Gasteiger partial charge in [0.05, 0.1) is 25.3 Å². The van der Waals surface area contributed by atoms with Crippen LogP contribution in [0, 0.1) is 0 Å². The van der Waals surface area contributed by atoms with E-state index in [9.17, 15) is 9.59 Å². The second kappa shape index (κ2) is 8.21. The molecular formula is C26H20O4. The fourth-order valence-electron chi connectivity index (χ4n) is 3.56. The molecule has 0 aliphatic heterocycles. The third-order valence-electron chi connectivity index (χ3n) is 5.07. The standard InChI is InChI=1S/C26H20O4/c1-29-22-14-13-19-15-21(25(27)17-9-5-3-6-10-17)23(30-2)16-20(19)24(22)26(28)18-11-7-4-8-12-18/h3-16H,1-2H3. The zero-order valence-corrected chi connectivity index (χ0v) is 16.7. The highest BCUT2D eigenvalue weighted by Crippen LogP contribution is 2.35. The first-order valence-electron chi connectivity index (χ1n) is 9.52. The Hall–Kier alpha value is -3.92. The first-order valence-corrected chi connectivity index (χ1v) is 9.52. The maximum absolute atomic E-state index is 13.3. The number of benzene rings is 4. The van der Waals surface area contributed by atoms with E-state index in [0.717, 1.165) is 5.39 Å². The van der Waals surface area contributed by atoms with Crippen LogP contribution in [0.3, 0.4) is 0 Å². The highest BCUT2D eigenvalue weighted by molar-refractivity contribution is 6.20. The van der Waals surface area contributed by atoms with E-state index in [1.807, 2.05) is 42.5 Å². The van der Waals surface area contributed by atoms with Gasteiger partial charge in [0.25, 0.3) is 0 Å². The maximum Gasteiger partial charge on any atom is 0.197 e. The summed E-state index contributed by atoms with van der Waals surface area (Å²) in [5.74, 6) is 0.593. The number of rotatable bonds is 6. The summed E-state index contributed by atoms with van der Waals surface area (Å²) in [6, 6.07) is 25.2. The summed E-state index contributed by atoms with van der Waals surface area (Å²) in [5.41, 5.74) is 2.02. The monoisotopic (exact) mass is 396 g/mol. The fraction of sp³-hybridized carbons (Fsp3) is 0.0769. The minimum absolute atomic E-state index is 0.138. The van der Waals surface area contributed by atoms with Crippen molar-refractivity contribution in [3.63, 3.8) is 0 Å². The summed E-state index contributed by atoms with van der Waals surface area (Å²) in [6.45, 7) is 0. The van der Waals surface area contributed by atoms with E-state index in [4.69, 9.17) is 9.47 Å². The van der Waals surface area contributed by atoms with Gasteiger partial charge in [-0.1, -0.05) is 66.7 Å².